The molecule has 4 aromatic rings. The van der Waals surface area contributed by atoms with Crippen molar-refractivity contribution < 1.29 is 4.79 Å². The summed E-state index contributed by atoms with van der Waals surface area (Å²) in [4.78, 5) is 31.5. The summed E-state index contributed by atoms with van der Waals surface area (Å²) >= 11 is 12.3. The number of carbonyl (C=O) groups is 1. The maximum Gasteiger partial charge on any atom is 0.254 e. The second-order valence-corrected chi connectivity index (χ2v) is 10.0. The number of aromatic amines is 1. The van der Waals surface area contributed by atoms with Gasteiger partial charge in [-0.2, -0.15) is 0 Å². The number of hydrogen-bond acceptors (Lipinski definition) is 5. The molecule has 0 bridgehead atoms. The highest BCUT2D eigenvalue weighted by molar-refractivity contribution is 6.39. The van der Waals surface area contributed by atoms with Gasteiger partial charge < -0.3 is 10.3 Å². The van der Waals surface area contributed by atoms with E-state index in [1.165, 1.54) is 29.2 Å². The molecule has 1 aromatic carbocycles. The highest BCUT2D eigenvalue weighted by atomic mass is 35.5. The van der Waals surface area contributed by atoms with E-state index in [0.717, 1.165) is 50.2 Å². The third kappa shape index (κ3) is 6.18. The third-order valence-electron chi connectivity index (χ3n) is 6.71. The Bertz CT molecular complexity index is 1340. The number of aromatic nitrogens is 4. The van der Waals surface area contributed by atoms with Crippen molar-refractivity contribution in [1.29, 1.82) is 0 Å². The van der Waals surface area contributed by atoms with Crippen LogP contribution in [-0.2, 0) is 25.9 Å². The summed E-state index contributed by atoms with van der Waals surface area (Å²) in [6, 6.07) is 12.8. The highest BCUT2D eigenvalue weighted by Crippen LogP contribution is 2.34. The Morgan fingerprint density at radius 1 is 1.08 bits per heavy atom. The molecule has 0 aliphatic heterocycles. The second kappa shape index (κ2) is 11.9. The van der Waals surface area contributed by atoms with Crippen LogP contribution in [0, 0.1) is 0 Å². The molecule has 9 heteroatoms. The number of rotatable bonds is 9. The largest absolute Gasteiger partial charge is 0.349 e. The lowest BCUT2D eigenvalue weighted by atomic mass is 9.90. The van der Waals surface area contributed by atoms with E-state index in [1.54, 1.807) is 6.20 Å². The average Bonchev–Trinajstić information content (AvgIpc) is 3.43. The molecule has 0 saturated carbocycles. The van der Waals surface area contributed by atoms with Crippen molar-refractivity contribution >= 4 is 29.1 Å². The van der Waals surface area contributed by atoms with Gasteiger partial charge in [0, 0.05) is 57.0 Å². The molecular weight excluding hydrogens is 507 g/mol. The van der Waals surface area contributed by atoms with Crippen molar-refractivity contribution in [1.82, 2.24) is 30.2 Å². The summed E-state index contributed by atoms with van der Waals surface area (Å²) in [5, 5.41) is 3.38. The molecule has 1 atom stereocenters. The molecule has 3 heterocycles. The third-order valence-corrected chi connectivity index (χ3v) is 7.28. The molecule has 0 fully saturated rings. The number of hydrogen-bond donors (Lipinski definition) is 2. The number of nitrogens with one attached hydrogen (secondary N) is 2. The number of benzene rings is 1. The van der Waals surface area contributed by atoms with E-state index < -0.39 is 0 Å². The van der Waals surface area contributed by atoms with Crippen molar-refractivity contribution in [2.24, 2.45) is 0 Å². The Kier molecular flexibility index (Phi) is 8.14. The number of carbonyl (C=O) groups excluding carboxylic acids is 1. The lowest BCUT2D eigenvalue weighted by molar-refractivity contribution is 0.0951. The van der Waals surface area contributed by atoms with Crippen LogP contribution in [0.5, 0.6) is 0 Å². The maximum absolute atomic E-state index is 12.7. The standard InChI is InChI=1S/C28H28Cl2N6O/c29-22-16-31-17-23(30)26(22)28(37)35-15-19-4-1-5-20(14-19)18-36(13-9-25-32-11-12-33-25)24-8-2-6-21-7-3-10-34-27(21)24/h1,3-5,7,10-12,14,16-17,24H,2,6,8-9,13,15,18H2,(H,32,33)(H,35,37). The van der Waals surface area contributed by atoms with Crippen LogP contribution in [0.1, 0.15) is 57.5 Å². The Morgan fingerprint density at radius 3 is 2.73 bits per heavy atom. The predicted octanol–water partition coefficient (Wildman–Crippen LogP) is 5.56. The summed E-state index contributed by atoms with van der Waals surface area (Å²) in [5.41, 5.74) is 4.94. The number of H-pyrrole nitrogens is 1. The van der Waals surface area contributed by atoms with E-state index >= 15 is 0 Å². The first-order valence-electron chi connectivity index (χ1n) is 12.4. The van der Waals surface area contributed by atoms with Crippen molar-refractivity contribution in [2.75, 3.05) is 6.54 Å². The minimum absolute atomic E-state index is 0.229. The van der Waals surface area contributed by atoms with Crippen LogP contribution in [0.3, 0.4) is 0 Å². The summed E-state index contributed by atoms with van der Waals surface area (Å²) < 4.78 is 0. The van der Waals surface area contributed by atoms with Gasteiger partial charge in [-0.05, 0) is 42.0 Å². The predicted molar refractivity (Wildman–Crippen MR) is 144 cm³/mol. The zero-order valence-electron chi connectivity index (χ0n) is 20.3. The highest BCUT2D eigenvalue weighted by Gasteiger charge is 2.27. The van der Waals surface area contributed by atoms with E-state index in [9.17, 15) is 4.79 Å². The van der Waals surface area contributed by atoms with Crippen LogP contribution < -0.4 is 5.32 Å². The average molecular weight is 535 g/mol. The van der Waals surface area contributed by atoms with Crippen LogP contribution in [0.4, 0.5) is 0 Å². The van der Waals surface area contributed by atoms with Crippen LogP contribution in [0.15, 0.2) is 67.4 Å². The Balaban J connectivity index is 1.32. The summed E-state index contributed by atoms with van der Waals surface area (Å²) in [7, 11) is 0. The van der Waals surface area contributed by atoms with Gasteiger partial charge in [-0.15, -0.1) is 0 Å². The van der Waals surface area contributed by atoms with Gasteiger partial charge in [-0.25, -0.2) is 4.98 Å². The van der Waals surface area contributed by atoms with E-state index in [-0.39, 0.29) is 27.6 Å². The molecule has 1 amide bonds. The first-order valence-corrected chi connectivity index (χ1v) is 13.1. The number of imidazole rings is 1. The summed E-state index contributed by atoms with van der Waals surface area (Å²) in [5.74, 6) is 0.653. The SMILES string of the molecule is O=C(NCc1cccc(CN(CCc2ncc[nH]2)C2CCCc3cccnc32)c1)c1c(Cl)cncc1Cl. The smallest absolute Gasteiger partial charge is 0.254 e. The van der Waals surface area contributed by atoms with Gasteiger partial charge in [0.1, 0.15) is 5.82 Å². The van der Waals surface area contributed by atoms with Crippen LogP contribution in [-0.4, -0.2) is 37.3 Å². The molecular formula is C28H28Cl2N6O. The zero-order chi connectivity index (χ0) is 25.6. The minimum atomic E-state index is -0.326. The van der Waals surface area contributed by atoms with Gasteiger partial charge in [0.25, 0.3) is 5.91 Å². The van der Waals surface area contributed by atoms with Gasteiger partial charge in [0.05, 0.1) is 27.3 Å². The fraction of sp³-hybridized carbons (Fsp3) is 0.286. The Labute approximate surface area is 226 Å². The Hall–Kier alpha value is -3.26. The number of fused-ring (bicyclic) bond motifs is 1. The molecule has 2 N–H and O–H groups in total. The quantitative estimate of drug-likeness (QED) is 0.293. The number of pyridine rings is 2. The first kappa shape index (κ1) is 25.4. The Morgan fingerprint density at radius 2 is 1.92 bits per heavy atom. The van der Waals surface area contributed by atoms with Gasteiger partial charge in [0.15, 0.2) is 0 Å². The molecule has 1 aliphatic carbocycles. The first-order chi connectivity index (χ1) is 18.1. The zero-order valence-corrected chi connectivity index (χ0v) is 21.8. The van der Waals surface area contributed by atoms with E-state index in [4.69, 9.17) is 28.2 Å². The van der Waals surface area contributed by atoms with Crippen molar-refractivity contribution in [3.8, 4) is 0 Å². The van der Waals surface area contributed by atoms with E-state index in [2.05, 4.69) is 43.4 Å². The molecule has 1 unspecified atom stereocenters. The van der Waals surface area contributed by atoms with Gasteiger partial charge in [0.2, 0.25) is 0 Å². The molecule has 0 saturated heterocycles. The molecule has 37 heavy (non-hydrogen) atoms. The molecule has 5 rings (SSSR count). The molecule has 1 aliphatic rings. The van der Waals surface area contributed by atoms with Crippen molar-refractivity contribution in [3.63, 3.8) is 0 Å². The lowest BCUT2D eigenvalue weighted by Crippen LogP contribution is -2.33. The van der Waals surface area contributed by atoms with E-state index in [0.29, 0.717) is 6.54 Å². The van der Waals surface area contributed by atoms with Crippen molar-refractivity contribution in [2.45, 2.75) is 44.8 Å². The van der Waals surface area contributed by atoms with Crippen molar-refractivity contribution in [3.05, 3.63) is 111 Å². The van der Waals surface area contributed by atoms with Crippen LogP contribution >= 0.6 is 23.2 Å². The van der Waals surface area contributed by atoms with Crippen LogP contribution in [0.25, 0.3) is 0 Å². The summed E-state index contributed by atoms with van der Waals surface area (Å²) in [6.45, 7) is 1.99. The molecule has 190 valence electrons. The number of amides is 1. The molecule has 0 spiro atoms. The summed E-state index contributed by atoms with van der Waals surface area (Å²) in [6.07, 6.45) is 12.5. The number of aryl methyl sites for hydroxylation is 1. The molecule has 0 radical (unpaired) electrons. The number of halogens is 2. The normalized spacial score (nSPS) is 14.9. The monoisotopic (exact) mass is 534 g/mol. The number of nitrogens with zero attached hydrogens (tertiary/aromatic N) is 4. The molecule has 7 nitrogen and oxygen atoms in total. The van der Waals surface area contributed by atoms with Gasteiger partial charge in [-0.3, -0.25) is 19.7 Å². The maximum atomic E-state index is 12.7. The molecule has 3 aromatic heterocycles. The van der Waals surface area contributed by atoms with Crippen LogP contribution in [0.2, 0.25) is 10.0 Å². The lowest BCUT2D eigenvalue weighted by Gasteiger charge is -2.35. The van der Waals surface area contributed by atoms with Gasteiger partial charge in [-0.1, -0.05) is 53.5 Å². The topological polar surface area (TPSA) is 86.8 Å². The van der Waals surface area contributed by atoms with E-state index in [1.807, 2.05) is 30.6 Å². The minimum Gasteiger partial charge on any atom is -0.349 e. The second-order valence-electron chi connectivity index (χ2n) is 9.19. The van der Waals surface area contributed by atoms with Gasteiger partial charge >= 0.3 is 0 Å². The fourth-order valence-corrected chi connectivity index (χ4v) is 5.48. The fourth-order valence-electron chi connectivity index (χ4n) is 4.94.